The minimum atomic E-state index is -0.324. The number of hydrogen-bond acceptors (Lipinski definition) is 5. The van der Waals surface area contributed by atoms with Gasteiger partial charge < -0.3 is 10.1 Å². The topological polar surface area (TPSA) is 61.2 Å². The summed E-state index contributed by atoms with van der Waals surface area (Å²) in [7, 11) is 1.47. The van der Waals surface area contributed by atoms with Gasteiger partial charge >= 0.3 is 0 Å². The smallest absolute Gasteiger partial charge is 0.165 e. The van der Waals surface area contributed by atoms with Crippen LogP contribution in [0.4, 0.5) is 10.1 Å². The van der Waals surface area contributed by atoms with Gasteiger partial charge in [0.1, 0.15) is 6.07 Å². The first-order chi connectivity index (χ1) is 14.2. The fourth-order valence-electron chi connectivity index (χ4n) is 3.89. The molecular weight excluding hydrogens is 367 g/mol. The fraction of sp³-hybridized carbons (Fsp3) is 0.304. The molecule has 6 heteroatoms. The first-order valence-corrected chi connectivity index (χ1v) is 9.77. The van der Waals surface area contributed by atoms with Crippen LogP contribution in [-0.4, -0.2) is 36.1 Å². The van der Waals surface area contributed by atoms with Gasteiger partial charge in [-0.05, 0) is 36.6 Å². The molecule has 1 N–H and O–H groups in total. The molecule has 0 unspecified atom stereocenters. The maximum absolute atomic E-state index is 13.9. The summed E-state index contributed by atoms with van der Waals surface area (Å²) in [4.78, 5) is 6.70. The highest BCUT2D eigenvalue weighted by Crippen LogP contribution is 2.28. The van der Waals surface area contributed by atoms with Gasteiger partial charge in [0.15, 0.2) is 11.6 Å². The number of ether oxygens (including phenoxy) is 1. The fourth-order valence-corrected chi connectivity index (χ4v) is 3.89. The third-order valence-electron chi connectivity index (χ3n) is 5.45. The van der Waals surface area contributed by atoms with Crippen molar-refractivity contribution in [2.24, 2.45) is 0 Å². The highest BCUT2D eigenvalue weighted by molar-refractivity contribution is 5.93. The molecule has 2 heterocycles. The van der Waals surface area contributed by atoms with E-state index in [1.165, 1.54) is 7.11 Å². The van der Waals surface area contributed by atoms with Crippen molar-refractivity contribution in [2.45, 2.75) is 25.4 Å². The Labute approximate surface area is 169 Å². The molecule has 5 nitrogen and oxygen atoms in total. The van der Waals surface area contributed by atoms with E-state index in [-0.39, 0.29) is 17.6 Å². The average Bonchev–Trinajstić information content (AvgIpc) is 2.75. The SMILES string of the molecule is COc1ccc(CN2CCC(Nc3c(C#N)cnc4ccccc34)CC2)cc1F. The Morgan fingerprint density at radius 1 is 1.24 bits per heavy atom. The predicted molar refractivity (Wildman–Crippen MR) is 111 cm³/mol. The van der Waals surface area contributed by atoms with E-state index < -0.39 is 0 Å². The molecule has 1 saturated heterocycles. The second-order valence-electron chi connectivity index (χ2n) is 7.34. The molecular formula is C23H23FN4O. The van der Waals surface area contributed by atoms with Gasteiger partial charge in [-0.2, -0.15) is 5.26 Å². The van der Waals surface area contributed by atoms with Gasteiger partial charge in [-0.1, -0.05) is 24.3 Å². The van der Waals surface area contributed by atoms with E-state index in [2.05, 4.69) is 21.3 Å². The number of benzene rings is 2. The molecule has 0 radical (unpaired) electrons. The summed E-state index contributed by atoms with van der Waals surface area (Å²) >= 11 is 0. The van der Waals surface area contributed by atoms with Crippen LogP contribution in [0.15, 0.2) is 48.7 Å². The summed E-state index contributed by atoms with van der Waals surface area (Å²) in [5.41, 5.74) is 3.27. The molecule has 3 aromatic rings. The number of likely N-dealkylation sites (tertiary alicyclic amines) is 1. The van der Waals surface area contributed by atoms with Crippen LogP contribution in [0.5, 0.6) is 5.75 Å². The molecule has 1 aromatic heterocycles. The number of piperidine rings is 1. The largest absolute Gasteiger partial charge is 0.494 e. The minimum absolute atomic E-state index is 0.273. The summed E-state index contributed by atoms with van der Waals surface area (Å²) in [5.74, 6) is -0.0512. The van der Waals surface area contributed by atoms with Crippen molar-refractivity contribution in [3.63, 3.8) is 0 Å². The quantitative estimate of drug-likeness (QED) is 0.703. The molecule has 2 aromatic carbocycles. The molecule has 0 aliphatic carbocycles. The van der Waals surface area contributed by atoms with Gasteiger partial charge in [0.05, 0.1) is 23.9 Å². The Balaban J connectivity index is 1.41. The predicted octanol–water partition coefficient (Wildman–Crippen LogP) is 4.33. The van der Waals surface area contributed by atoms with Crippen LogP contribution in [-0.2, 0) is 6.54 Å². The number of nitriles is 1. The molecule has 0 atom stereocenters. The van der Waals surface area contributed by atoms with Crippen molar-refractivity contribution < 1.29 is 9.13 Å². The number of hydrogen-bond donors (Lipinski definition) is 1. The van der Waals surface area contributed by atoms with E-state index in [0.29, 0.717) is 5.56 Å². The number of pyridine rings is 1. The molecule has 0 amide bonds. The summed E-state index contributed by atoms with van der Waals surface area (Å²) in [5, 5.41) is 14.1. The second kappa shape index (κ2) is 8.46. The minimum Gasteiger partial charge on any atom is -0.494 e. The van der Waals surface area contributed by atoms with Crippen molar-refractivity contribution in [3.05, 3.63) is 65.6 Å². The Bertz CT molecular complexity index is 1050. The van der Waals surface area contributed by atoms with Crippen molar-refractivity contribution in [3.8, 4) is 11.8 Å². The van der Waals surface area contributed by atoms with Gasteiger partial charge in [-0.3, -0.25) is 9.88 Å². The third-order valence-corrected chi connectivity index (χ3v) is 5.45. The van der Waals surface area contributed by atoms with Crippen molar-refractivity contribution in [1.29, 1.82) is 5.26 Å². The molecule has 1 fully saturated rings. The molecule has 0 spiro atoms. The summed E-state index contributed by atoms with van der Waals surface area (Å²) in [6, 6.07) is 15.5. The lowest BCUT2D eigenvalue weighted by atomic mass is 10.0. The Morgan fingerprint density at radius 3 is 2.76 bits per heavy atom. The first kappa shape index (κ1) is 19.2. The zero-order valence-corrected chi connectivity index (χ0v) is 16.4. The van der Waals surface area contributed by atoms with Crippen LogP contribution in [0, 0.1) is 17.1 Å². The Kier molecular flexibility index (Phi) is 5.59. The van der Waals surface area contributed by atoms with Gasteiger partial charge in [-0.15, -0.1) is 0 Å². The van der Waals surface area contributed by atoms with Crippen LogP contribution in [0.3, 0.4) is 0 Å². The van der Waals surface area contributed by atoms with Crippen LogP contribution >= 0.6 is 0 Å². The lowest BCUT2D eigenvalue weighted by molar-refractivity contribution is 0.211. The molecule has 4 rings (SSSR count). The number of fused-ring (bicyclic) bond motifs is 1. The summed E-state index contributed by atoms with van der Waals surface area (Å²) in [6.07, 6.45) is 3.55. The maximum atomic E-state index is 13.9. The van der Waals surface area contributed by atoms with Crippen LogP contribution in [0.1, 0.15) is 24.0 Å². The molecule has 0 saturated carbocycles. The van der Waals surface area contributed by atoms with Crippen LogP contribution in [0.2, 0.25) is 0 Å². The lowest BCUT2D eigenvalue weighted by Gasteiger charge is -2.33. The molecule has 1 aliphatic rings. The van der Waals surface area contributed by atoms with Crippen LogP contribution in [0.25, 0.3) is 10.9 Å². The lowest BCUT2D eigenvalue weighted by Crippen LogP contribution is -2.38. The number of anilines is 1. The molecule has 29 heavy (non-hydrogen) atoms. The zero-order chi connectivity index (χ0) is 20.2. The van der Waals surface area contributed by atoms with E-state index in [4.69, 9.17) is 4.74 Å². The van der Waals surface area contributed by atoms with Crippen molar-refractivity contribution in [1.82, 2.24) is 9.88 Å². The summed E-state index contributed by atoms with van der Waals surface area (Å²) in [6.45, 7) is 2.54. The Morgan fingerprint density at radius 2 is 2.03 bits per heavy atom. The number of nitrogens with zero attached hydrogens (tertiary/aromatic N) is 3. The van der Waals surface area contributed by atoms with E-state index in [0.717, 1.165) is 54.6 Å². The van der Waals surface area contributed by atoms with Gasteiger partial charge in [-0.25, -0.2) is 4.39 Å². The highest BCUT2D eigenvalue weighted by atomic mass is 19.1. The summed E-state index contributed by atoms with van der Waals surface area (Å²) < 4.78 is 18.9. The van der Waals surface area contributed by atoms with Crippen molar-refractivity contribution in [2.75, 3.05) is 25.5 Å². The first-order valence-electron chi connectivity index (χ1n) is 9.77. The molecule has 1 aliphatic heterocycles. The number of aromatic nitrogens is 1. The van der Waals surface area contributed by atoms with Crippen LogP contribution < -0.4 is 10.1 Å². The molecule has 148 valence electrons. The van der Waals surface area contributed by atoms with Gasteiger partial charge in [0.2, 0.25) is 0 Å². The van der Waals surface area contributed by atoms with E-state index in [1.807, 2.05) is 30.3 Å². The van der Waals surface area contributed by atoms with E-state index in [1.54, 1.807) is 18.3 Å². The number of halogens is 1. The average molecular weight is 390 g/mol. The number of rotatable bonds is 5. The number of nitrogens with one attached hydrogen (secondary N) is 1. The van der Waals surface area contributed by atoms with E-state index >= 15 is 0 Å². The second-order valence-corrected chi connectivity index (χ2v) is 7.34. The number of methoxy groups -OCH3 is 1. The Hall–Kier alpha value is -3.17. The van der Waals surface area contributed by atoms with E-state index in [9.17, 15) is 9.65 Å². The normalized spacial score (nSPS) is 15.2. The van der Waals surface area contributed by atoms with Gasteiger partial charge in [0, 0.05) is 37.3 Å². The third kappa shape index (κ3) is 4.15. The monoisotopic (exact) mass is 390 g/mol. The maximum Gasteiger partial charge on any atom is 0.165 e. The number of para-hydroxylation sites is 1. The zero-order valence-electron chi connectivity index (χ0n) is 16.4. The van der Waals surface area contributed by atoms with Crippen molar-refractivity contribution >= 4 is 16.6 Å². The highest BCUT2D eigenvalue weighted by Gasteiger charge is 2.21. The molecule has 0 bridgehead atoms. The standard InChI is InChI=1S/C23H23FN4O/c1-29-22-7-6-16(12-20(22)24)15-28-10-8-18(9-11-28)27-23-17(13-25)14-26-21-5-3-2-4-19(21)23/h2-7,12,14,18H,8-11,15H2,1H3,(H,26,27). The van der Waals surface area contributed by atoms with Gasteiger partial charge in [0.25, 0.3) is 0 Å².